The zero-order chi connectivity index (χ0) is 7.28. The van der Waals surface area contributed by atoms with Crippen LogP contribution in [-0.2, 0) is 9.90 Å². The molecule has 9 heavy (non-hydrogen) atoms. The molecule has 0 aliphatic carbocycles. The van der Waals surface area contributed by atoms with Crippen LogP contribution in [0.4, 0.5) is 0 Å². The summed E-state index contributed by atoms with van der Waals surface area (Å²) in [6, 6.07) is 1.89. The van der Waals surface area contributed by atoms with Gasteiger partial charge in [0.2, 0.25) is 0 Å². The molecular weight excluding hydrogens is 138 g/mol. The van der Waals surface area contributed by atoms with Gasteiger partial charge >= 0.3 is 5.97 Å². The van der Waals surface area contributed by atoms with E-state index in [-0.39, 0.29) is 11.0 Å². The highest BCUT2D eigenvalue weighted by molar-refractivity contribution is 8.00. The summed E-state index contributed by atoms with van der Waals surface area (Å²) >= 11 is 1.06. The average Bonchev–Trinajstić information content (AvgIpc) is 1.83. The summed E-state index contributed by atoms with van der Waals surface area (Å²) in [6.07, 6.45) is 0. The van der Waals surface area contributed by atoms with Crippen LogP contribution in [0.25, 0.3) is 0 Å². The summed E-state index contributed by atoms with van der Waals surface area (Å²) in [5.74, 6) is -1.23. The Kier molecular flexibility index (Phi) is 3.89. The molecule has 0 amide bonds. The van der Waals surface area contributed by atoms with Gasteiger partial charge in [0.25, 0.3) is 0 Å². The number of carbonyl (C=O) groups excluding carboxylic acids is 1. The lowest BCUT2D eigenvalue weighted by molar-refractivity contribution is -0.139. The minimum absolute atomic E-state index is 0.102. The predicted octanol–water partition coefficient (Wildman–Crippen LogP) is 0.589. The van der Waals surface area contributed by atoms with Gasteiger partial charge in [-0.25, -0.2) is 9.90 Å². The third-order valence-corrected chi connectivity index (χ3v) is 1.64. The fourth-order valence-electron chi connectivity index (χ4n) is 0.230. The van der Waals surface area contributed by atoms with Crippen LogP contribution in [0, 0.1) is 11.3 Å². The quantitative estimate of drug-likeness (QED) is 0.582. The predicted molar refractivity (Wildman–Crippen MR) is 33.2 cm³/mol. The maximum atomic E-state index is 9.78. The third-order valence-electron chi connectivity index (χ3n) is 0.633. The summed E-state index contributed by atoms with van der Waals surface area (Å²) < 4.78 is 0. The lowest BCUT2D eigenvalue weighted by Gasteiger charge is -1.94. The van der Waals surface area contributed by atoms with Crippen LogP contribution in [0.1, 0.15) is 6.92 Å². The van der Waals surface area contributed by atoms with Crippen LogP contribution in [0.3, 0.4) is 0 Å². The van der Waals surface area contributed by atoms with Crippen molar-refractivity contribution in [3.8, 4) is 6.07 Å². The molecule has 1 unspecified atom stereocenters. The molecule has 0 aliphatic heterocycles. The van der Waals surface area contributed by atoms with Crippen molar-refractivity contribution in [3.63, 3.8) is 0 Å². The Hall–Kier alpha value is -0.690. The number of thioether (sulfide) groups is 1. The standard InChI is InChI=1S/C5H6NO2S/c1-4(2-6)9-3-5(7)8/h4H,3H2,1H3. The Morgan fingerprint density at radius 2 is 2.44 bits per heavy atom. The topological polar surface area (TPSA) is 60.8 Å². The van der Waals surface area contributed by atoms with Gasteiger partial charge in [0, 0.05) is 0 Å². The number of carbonyl (C=O) groups is 1. The zero-order valence-corrected chi connectivity index (χ0v) is 5.77. The first-order valence-electron chi connectivity index (χ1n) is 2.38. The van der Waals surface area contributed by atoms with Crippen LogP contribution < -0.4 is 0 Å². The molecule has 1 radical (unpaired) electrons. The molecule has 0 aromatic rings. The molecule has 0 N–H and O–H groups in total. The van der Waals surface area contributed by atoms with Gasteiger partial charge < -0.3 is 0 Å². The van der Waals surface area contributed by atoms with E-state index in [0.717, 1.165) is 11.8 Å². The molecule has 0 fully saturated rings. The van der Waals surface area contributed by atoms with Crippen LogP contribution in [0.5, 0.6) is 0 Å². The van der Waals surface area contributed by atoms with Gasteiger partial charge in [-0.05, 0) is 6.92 Å². The highest BCUT2D eigenvalue weighted by atomic mass is 32.2. The number of hydrogen-bond donors (Lipinski definition) is 0. The van der Waals surface area contributed by atoms with Crippen LogP contribution in [0.2, 0.25) is 0 Å². The molecule has 0 saturated heterocycles. The lowest BCUT2D eigenvalue weighted by atomic mass is 10.5. The monoisotopic (exact) mass is 144 g/mol. The van der Waals surface area contributed by atoms with E-state index < -0.39 is 5.97 Å². The Morgan fingerprint density at radius 3 is 2.78 bits per heavy atom. The van der Waals surface area contributed by atoms with E-state index in [1.165, 1.54) is 0 Å². The largest absolute Gasteiger partial charge is 0.365 e. The normalized spacial score (nSPS) is 12.0. The summed E-state index contributed by atoms with van der Waals surface area (Å²) in [6.45, 7) is 1.65. The van der Waals surface area contributed by atoms with E-state index in [2.05, 4.69) is 0 Å². The minimum atomic E-state index is -1.12. The number of hydrogen-bond acceptors (Lipinski definition) is 3. The van der Waals surface area contributed by atoms with Gasteiger partial charge in [0.1, 0.15) is 0 Å². The van der Waals surface area contributed by atoms with E-state index in [9.17, 15) is 9.90 Å². The molecule has 0 aromatic carbocycles. The van der Waals surface area contributed by atoms with Crippen molar-refractivity contribution >= 4 is 17.7 Å². The van der Waals surface area contributed by atoms with E-state index >= 15 is 0 Å². The molecule has 0 aliphatic rings. The summed E-state index contributed by atoms with van der Waals surface area (Å²) in [7, 11) is 0. The first-order chi connectivity index (χ1) is 4.16. The maximum absolute atomic E-state index is 9.78. The Morgan fingerprint density at radius 1 is 1.89 bits per heavy atom. The molecule has 0 spiro atoms. The molecule has 4 heteroatoms. The zero-order valence-electron chi connectivity index (χ0n) is 4.96. The second-order valence-corrected chi connectivity index (χ2v) is 2.78. The van der Waals surface area contributed by atoms with Crippen molar-refractivity contribution < 1.29 is 9.90 Å². The fraction of sp³-hybridized carbons (Fsp3) is 0.600. The summed E-state index contributed by atoms with van der Waals surface area (Å²) in [4.78, 5) is 9.78. The molecule has 0 saturated carbocycles. The van der Waals surface area contributed by atoms with Gasteiger partial charge in [-0.1, -0.05) is 0 Å². The molecular formula is C5H6NO2S. The van der Waals surface area contributed by atoms with E-state index in [0.29, 0.717) is 0 Å². The van der Waals surface area contributed by atoms with E-state index in [1.54, 1.807) is 6.92 Å². The fourth-order valence-corrected chi connectivity index (χ4v) is 0.691. The van der Waals surface area contributed by atoms with Crippen molar-refractivity contribution in [1.82, 2.24) is 0 Å². The SMILES string of the molecule is CC(C#N)SCC([O])=O. The summed E-state index contributed by atoms with van der Waals surface area (Å²) in [5.41, 5.74) is 0. The van der Waals surface area contributed by atoms with Gasteiger partial charge in [-0.15, -0.1) is 11.8 Å². The summed E-state index contributed by atoms with van der Waals surface area (Å²) in [5, 5.41) is 17.7. The van der Waals surface area contributed by atoms with Crippen LogP contribution >= 0.6 is 11.8 Å². The van der Waals surface area contributed by atoms with E-state index in [1.807, 2.05) is 6.07 Å². The highest BCUT2D eigenvalue weighted by Crippen LogP contribution is 2.07. The van der Waals surface area contributed by atoms with Gasteiger partial charge in [0.15, 0.2) is 0 Å². The number of rotatable bonds is 3. The minimum Gasteiger partial charge on any atom is -0.246 e. The van der Waals surface area contributed by atoms with Crippen molar-refractivity contribution in [2.75, 3.05) is 5.75 Å². The molecule has 49 valence electrons. The van der Waals surface area contributed by atoms with Crippen LogP contribution in [-0.4, -0.2) is 17.0 Å². The van der Waals surface area contributed by atoms with Crippen LogP contribution in [0.15, 0.2) is 0 Å². The number of nitrogens with zero attached hydrogens (tertiary/aromatic N) is 1. The highest BCUT2D eigenvalue weighted by Gasteiger charge is 2.04. The van der Waals surface area contributed by atoms with Gasteiger partial charge in [0.05, 0.1) is 17.1 Å². The first-order valence-corrected chi connectivity index (χ1v) is 3.42. The Bertz CT molecular complexity index is 140. The van der Waals surface area contributed by atoms with E-state index in [4.69, 9.17) is 5.26 Å². The maximum Gasteiger partial charge on any atom is 0.365 e. The first kappa shape index (κ1) is 8.31. The van der Waals surface area contributed by atoms with Gasteiger partial charge in [-0.2, -0.15) is 5.26 Å². The third kappa shape index (κ3) is 5.18. The molecule has 0 aromatic heterocycles. The van der Waals surface area contributed by atoms with Crippen molar-refractivity contribution in [2.24, 2.45) is 0 Å². The molecule has 3 nitrogen and oxygen atoms in total. The lowest BCUT2D eigenvalue weighted by Crippen LogP contribution is -2.00. The molecule has 0 bridgehead atoms. The molecule has 1 atom stereocenters. The Balaban J connectivity index is 3.30. The van der Waals surface area contributed by atoms with Crippen molar-refractivity contribution in [2.45, 2.75) is 12.2 Å². The second kappa shape index (κ2) is 4.21. The molecule has 0 heterocycles. The average molecular weight is 144 g/mol. The van der Waals surface area contributed by atoms with Gasteiger partial charge in [-0.3, -0.25) is 0 Å². The Labute approximate surface area is 57.7 Å². The smallest absolute Gasteiger partial charge is 0.246 e. The number of nitriles is 1. The second-order valence-electron chi connectivity index (χ2n) is 1.45. The van der Waals surface area contributed by atoms with Crippen molar-refractivity contribution in [1.29, 1.82) is 5.26 Å². The van der Waals surface area contributed by atoms with Crippen molar-refractivity contribution in [3.05, 3.63) is 0 Å². The molecule has 0 rings (SSSR count).